The second kappa shape index (κ2) is 6.01. The standard InChI is InChI=1S/C16H22N2O3S/c1-10(2)7-17-14(19)13-11(3)9-22-15(13)18(16(17)20)8-12-5-4-6-21-12/h9-10,12H,4-8H2,1-3H3. The molecule has 2 aromatic heterocycles. The first-order chi connectivity index (χ1) is 10.5. The normalized spacial score (nSPS) is 18.6. The van der Waals surface area contributed by atoms with Gasteiger partial charge in [-0.2, -0.15) is 0 Å². The third-order valence-electron chi connectivity index (χ3n) is 4.08. The molecule has 3 rings (SSSR count). The van der Waals surface area contributed by atoms with Crippen LogP contribution >= 0.6 is 11.3 Å². The highest BCUT2D eigenvalue weighted by Crippen LogP contribution is 2.23. The van der Waals surface area contributed by atoms with E-state index in [0.29, 0.717) is 18.5 Å². The number of thiophene rings is 1. The molecule has 22 heavy (non-hydrogen) atoms. The van der Waals surface area contributed by atoms with Crippen LogP contribution in [0.1, 0.15) is 32.3 Å². The molecule has 1 atom stereocenters. The number of aryl methyl sites for hydroxylation is 1. The minimum atomic E-state index is -0.205. The third-order valence-corrected chi connectivity index (χ3v) is 5.20. The monoisotopic (exact) mass is 322 g/mol. The van der Waals surface area contributed by atoms with E-state index in [-0.39, 0.29) is 23.3 Å². The second-order valence-corrected chi connectivity index (χ2v) is 7.29. The van der Waals surface area contributed by atoms with Crippen molar-refractivity contribution in [3.8, 4) is 0 Å². The Bertz CT molecular complexity index is 794. The summed E-state index contributed by atoms with van der Waals surface area (Å²) in [5.74, 6) is 0.248. The minimum Gasteiger partial charge on any atom is -0.376 e. The zero-order valence-electron chi connectivity index (χ0n) is 13.3. The first-order valence-corrected chi connectivity index (χ1v) is 8.70. The Hall–Kier alpha value is -1.40. The Labute approximate surface area is 133 Å². The van der Waals surface area contributed by atoms with Crippen LogP contribution in [0.25, 0.3) is 10.2 Å². The zero-order chi connectivity index (χ0) is 15.9. The zero-order valence-corrected chi connectivity index (χ0v) is 14.1. The molecule has 0 amide bonds. The number of ether oxygens (including phenoxy) is 1. The first kappa shape index (κ1) is 15.5. The van der Waals surface area contributed by atoms with Gasteiger partial charge in [0.05, 0.1) is 18.0 Å². The lowest BCUT2D eigenvalue weighted by Gasteiger charge is -2.16. The Morgan fingerprint density at radius 3 is 2.77 bits per heavy atom. The van der Waals surface area contributed by atoms with E-state index in [1.54, 1.807) is 4.57 Å². The molecule has 3 heterocycles. The van der Waals surface area contributed by atoms with Crippen LogP contribution in [-0.2, 0) is 17.8 Å². The maximum atomic E-state index is 12.8. The summed E-state index contributed by atoms with van der Waals surface area (Å²) in [6.45, 7) is 7.71. The van der Waals surface area contributed by atoms with Crippen molar-refractivity contribution in [2.75, 3.05) is 6.61 Å². The van der Waals surface area contributed by atoms with Gasteiger partial charge in [0.25, 0.3) is 5.56 Å². The van der Waals surface area contributed by atoms with Gasteiger partial charge in [-0.1, -0.05) is 13.8 Å². The summed E-state index contributed by atoms with van der Waals surface area (Å²) in [4.78, 5) is 26.3. The fourth-order valence-electron chi connectivity index (χ4n) is 3.02. The van der Waals surface area contributed by atoms with Gasteiger partial charge in [-0.25, -0.2) is 4.79 Å². The van der Waals surface area contributed by atoms with E-state index in [0.717, 1.165) is 29.8 Å². The molecule has 1 aliphatic heterocycles. The number of rotatable bonds is 4. The average Bonchev–Trinajstić information content (AvgIpc) is 3.09. The van der Waals surface area contributed by atoms with E-state index in [1.807, 2.05) is 26.2 Å². The van der Waals surface area contributed by atoms with Crippen molar-refractivity contribution in [1.82, 2.24) is 9.13 Å². The van der Waals surface area contributed by atoms with Gasteiger partial charge in [-0.3, -0.25) is 13.9 Å². The topological polar surface area (TPSA) is 53.2 Å². The molecule has 2 aromatic rings. The summed E-state index contributed by atoms with van der Waals surface area (Å²) in [6.07, 6.45) is 2.09. The average molecular weight is 322 g/mol. The van der Waals surface area contributed by atoms with E-state index in [2.05, 4.69) is 0 Å². The minimum absolute atomic E-state index is 0.0771. The van der Waals surface area contributed by atoms with E-state index in [1.165, 1.54) is 15.9 Å². The van der Waals surface area contributed by atoms with E-state index in [9.17, 15) is 9.59 Å². The van der Waals surface area contributed by atoms with E-state index >= 15 is 0 Å². The number of hydrogen-bond donors (Lipinski definition) is 0. The number of nitrogens with zero attached hydrogens (tertiary/aromatic N) is 2. The number of aromatic nitrogens is 2. The SMILES string of the molecule is Cc1csc2c1c(=O)n(CC(C)C)c(=O)n2CC1CCCO1. The van der Waals surface area contributed by atoms with Crippen LogP contribution < -0.4 is 11.2 Å². The fourth-order valence-corrected chi connectivity index (χ4v) is 4.08. The molecule has 1 fully saturated rings. The molecule has 0 spiro atoms. The molecular formula is C16H22N2O3S. The molecule has 1 unspecified atom stereocenters. The molecule has 0 aliphatic carbocycles. The highest BCUT2D eigenvalue weighted by Gasteiger charge is 2.22. The lowest BCUT2D eigenvalue weighted by molar-refractivity contribution is 0.0966. The molecule has 0 saturated carbocycles. The third kappa shape index (κ3) is 2.65. The summed E-state index contributed by atoms with van der Waals surface area (Å²) < 4.78 is 8.81. The first-order valence-electron chi connectivity index (χ1n) is 7.82. The van der Waals surface area contributed by atoms with Crippen LogP contribution in [0.15, 0.2) is 15.0 Å². The summed E-state index contributed by atoms with van der Waals surface area (Å²) in [5, 5.41) is 2.64. The summed E-state index contributed by atoms with van der Waals surface area (Å²) >= 11 is 1.47. The predicted molar refractivity (Wildman–Crippen MR) is 88.9 cm³/mol. The Morgan fingerprint density at radius 2 is 2.14 bits per heavy atom. The van der Waals surface area contributed by atoms with Gasteiger partial charge in [0.1, 0.15) is 4.83 Å². The maximum Gasteiger partial charge on any atom is 0.332 e. The van der Waals surface area contributed by atoms with Crippen molar-refractivity contribution in [2.45, 2.75) is 52.8 Å². The van der Waals surface area contributed by atoms with Gasteiger partial charge in [-0.15, -0.1) is 11.3 Å². The fraction of sp³-hybridized carbons (Fsp3) is 0.625. The Morgan fingerprint density at radius 1 is 1.36 bits per heavy atom. The van der Waals surface area contributed by atoms with Crippen molar-refractivity contribution in [2.24, 2.45) is 5.92 Å². The molecule has 0 N–H and O–H groups in total. The van der Waals surface area contributed by atoms with Gasteiger partial charge in [-0.05, 0) is 36.6 Å². The molecule has 5 nitrogen and oxygen atoms in total. The highest BCUT2D eigenvalue weighted by molar-refractivity contribution is 7.17. The van der Waals surface area contributed by atoms with Gasteiger partial charge in [0.15, 0.2) is 0 Å². The van der Waals surface area contributed by atoms with Crippen LogP contribution in [0, 0.1) is 12.8 Å². The van der Waals surface area contributed by atoms with Crippen LogP contribution in [0.4, 0.5) is 0 Å². The highest BCUT2D eigenvalue weighted by atomic mass is 32.1. The molecule has 120 valence electrons. The predicted octanol–water partition coefficient (Wildman–Crippen LogP) is 2.37. The maximum absolute atomic E-state index is 12.8. The molecule has 0 radical (unpaired) electrons. The Balaban J connectivity index is 2.20. The van der Waals surface area contributed by atoms with Gasteiger partial charge in [0.2, 0.25) is 0 Å². The van der Waals surface area contributed by atoms with Crippen molar-refractivity contribution >= 4 is 21.6 Å². The van der Waals surface area contributed by atoms with Gasteiger partial charge < -0.3 is 4.74 Å². The molecule has 1 aliphatic rings. The van der Waals surface area contributed by atoms with Crippen LogP contribution in [-0.4, -0.2) is 21.8 Å². The van der Waals surface area contributed by atoms with E-state index in [4.69, 9.17) is 4.74 Å². The lowest BCUT2D eigenvalue weighted by Crippen LogP contribution is -2.42. The van der Waals surface area contributed by atoms with Crippen molar-refractivity contribution in [3.05, 3.63) is 31.8 Å². The Kier molecular flexibility index (Phi) is 4.23. The smallest absolute Gasteiger partial charge is 0.332 e. The molecule has 1 saturated heterocycles. The molecular weight excluding hydrogens is 300 g/mol. The van der Waals surface area contributed by atoms with Crippen molar-refractivity contribution in [3.63, 3.8) is 0 Å². The lowest BCUT2D eigenvalue weighted by atomic mass is 10.2. The molecule has 0 bridgehead atoms. The quantitative estimate of drug-likeness (QED) is 0.868. The molecule has 0 aromatic carbocycles. The number of fused-ring (bicyclic) bond motifs is 1. The summed E-state index contributed by atoms with van der Waals surface area (Å²) in [7, 11) is 0. The summed E-state index contributed by atoms with van der Waals surface area (Å²) in [6, 6.07) is 0. The van der Waals surface area contributed by atoms with Crippen LogP contribution in [0.2, 0.25) is 0 Å². The van der Waals surface area contributed by atoms with Gasteiger partial charge in [0, 0.05) is 13.2 Å². The van der Waals surface area contributed by atoms with Crippen molar-refractivity contribution in [1.29, 1.82) is 0 Å². The van der Waals surface area contributed by atoms with Crippen molar-refractivity contribution < 1.29 is 4.74 Å². The molecule has 6 heteroatoms. The largest absolute Gasteiger partial charge is 0.376 e. The number of hydrogen-bond acceptors (Lipinski definition) is 4. The van der Waals surface area contributed by atoms with E-state index < -0.39 is 0 Å². The second-order valence-electron chi connectivity index (χ2n) is 6.44. The van der Waals surface area contributed by atoms with Crippen LogP contribution in [0.5, 0.6) is 0 Å². The van der Waals surface area contributed by atoms with Gasteiger partial charge >= 0.3 is 5.69 Å². The summed E-state index contributed by atoms with van der Waals surface area (Å²) in [5.41, 5.74) is 0.586. The van der Waals surface area contributed by atoms with Crippen LogP contribution in [0.3, 0.4) is 0 Å².